The first-order chi connectivity index (χ1) is 18.1. The molecule has 11 nitrogen and oxygen atoms in total. The van der Waals surface area contributed by atoms with Gasteiger partial charge in [0.2, 0.25) is 5.95 Å². The van der Waals surface area contributed by atoms with Crippen molar-refractivity contribution in [3.8, 4) is 5.69 Å². The Morgan fingerprint density at radius 2 is 1.92 bits per heavy atom. The number of nitrogens with zero attached hydrogens (tertiary/aromatic N) is 7. The maximum Gasteiger partial charge on any atom is 0.368 e. The van der Waals surface area contributed by atoms with Crippen LogP contribution in [0.3, 0.4) is 0 Å². The number of β-amino-alcohol motifs (C(OH)–C–C–N with tert-alkyl or cyclic N) is 1. The van der Waals surface area contributed by atoms with Gasteiger partial charge in [-0.2, -0.15) is 14.3 Å². The Labute approximate surface area is 217 Å². The first-order valence-corrected chi connectivity index (χ1v) is 12.9. The molecule has 3 N–H and O–H groups in total. The molecule has 13 heteroatoms. The van der Waals surface area contributed by atoms with E-state index in [1.807, 2.05) is 0 Å². The molecule has 202 valence electrons. The van der Waals surface area contributed by atoms with Crippen LogP contribution in [-0.4, -0.2) is 70.0 Å². The van der Waals surface area contributed by atoms with Gasteiger partial charge in [0.15, 0.2) is 11.6 Å². The molecule has 3 atom stereocenters. The number of aromatic nitrogens is 6. The highest BCUT2D eigenvalue weighted by Crippen LogP contribution is 2.44. The van der Waals surface area contributed by atoms with Crippen LogP contribution in [0.1, 0.15) is 57.4 Å². The Kier molecular flexibility index (Phi) is 5.94. The third-order valence-corrected chi connectivity index (χ3v) is 7.89. The maximum absolute atomic E-state index is 15.2. The zero-order valence-corrected chi connectivity index (χ0v) is 21.5. The molecule has 1 aromatic carbocycles. The van der Waals surface area contributed by atoms with Crippen LogP contribution in [0, 0.1) is 11.6 Å². The smallest absolute Gasteiger partial charge is 0.368 e. The zero-order valence-electron chi connectivity index (χ0n) is 21.5. The molecule has 2 aromatic heterocycles. The van der Waals surface area contributed by atoms with Crippen molar-refractivity contribution in [1.29, 1.82) is 0 Å². The van der Waals surface area contributed by atoms with E-state index in [9.17, 15) is 14.3 Å². The number of tetrazole rings is 1. The van der Waals surface area contributed by atoms with Gasteiger partial charge >= 0.3 is 5.69 Å². The van der Waals surface area contributed by atoms with Crippen LogP contribution in [0.2, 0.25) is 0 Å². The van der Waals surface area contributed by atoms with Gasteiger partial charge in [0.1, 0.15) is 5.82 Å². The fourth-order valence-electron chi connectivity index (χ4n) is 5.98. The molecule has 6 rings (SSSR count). The van der Waals surface area contributed by atoms with E-state index in [4.69, 9.17) is 0 Å². The molecular weight excluding hydrogens is 496 g/mol. The highest BCUT2D eigenvalue weighted by Gasteiger charge is 2.45. The van der Waals surface area contributed by atoms with E-state index >= 15 is 4.39 Å². The van der Waals surface area contributed by atoms with Gasteiger partial charge in [-0.25, -0.2) is 18.6 Å². The van der Waals surface area contributed by atoms with Crippen molar-refractivity contribution in [3.63, 3.8) is 0 Å². The van der Waals surface area contributed by atoms with Gasteiger partial charge in [0, 0.05) is 31.2 Å². The van der Waals surface area contributed by atoms with E-state index in [0.717, 1.165) is 41.2 Å². The highest BCUT2D eigenvalue weighted by atomic mass is 19.1. The summed E-state index contributed by atoms with van der Waals surface area (Å²) in [5.74, 6) is -0.965. The second-order valence-corrected chi connectivity index (χ2v) is 11.3. The molecule has 4 heterocycles. The van der Waals surface area contributed by atoms with Crippen molar-refractivity contribution in [1.82, 2.24) is 34.7 Å². The summed E-state index contributed by atoms with van der Waals surface area (Å²) in [6, 6.07) is 3.03. The van der Waals surface area contributed by atoms with Crippen molar-refractivity contribution >= 4 is 17.5 Å². The molecule has 2 saturated heterocycles. The van der Waals surface area contributed by atoms with Gasteiger partial charge in [0.05, 0.1) is 23.7 Å². The maximum atomic E-state index is 15.2. The van der Waals surface area contributed by atoms with E-state index in [1.165, 1.54) is 19.2 Å². The number of hydrogen-bond acceptors (Lipinski definition) is 9. The highest BCUT2D eigenvalue weighted by molar-refractivity contribution is 5.62. The summed E-state index contributed by atoms with van der Waals surface area (Å²) in [6.07, 6.45) is 4.68. The van der Waals surface area contributed by atoms with Gasteiger partial charge < -0.3 is 15.7 Å². The van der Waals surface area contributed by atoms with Gasteiger partial charge in [-0.1, -0.05) is 0 Å². The van der Waals surface area contributed by atoms with Crippen LogP contribution >= 0.6 is 0 Å². The van der Waals surface area contributed by atoms with Gasteiger partial charge in [-0.3, -0.25) is 4.90 Å². The first kappa shape index (κ1) is 24.9. The van der Waals surface area contributed by atoms with Crippen LogP contribution in [0.15, 0.2) is 23.1 Å². The van der Waals surface area contributed by atoms with Gasteiger partial charge in [-0.05, 0) is 80.0 Å². The molecular formula is C25H31F2N9O2. The van der Waals surface area contributed by atoms with Gasteiger partial charge in [-0.15, -0.1) is 0 Å². The summed E-state index contributed by atoms with van der Waals surface area (Å²) in [4.78, 5) is 23.2. The second-order valence-electron chi connectivity index (χ2n) is 11.3. The number of anilines is 3. The molecule has 3 aliphatic rings. The number of halogens is 2. The summed E-state index contributed by atoms with van der Waals surface area (Å²) in [5, 5.41) is 23.9. The Hall–Kier alpha value is -3.45. The lowest BCUT2D eigenvalue weighted by atomic mass is 9.84. The molecule has 3 unspecified atom stereocenters. The Morgan fingerprint density at radius 3 is 2.63 bits per heavy atom. The Morgan fingerprint density at radius 1 is 1.13 bits per heavy atom. The number of nitrogens with one attached hydrogen (secondary N) is 2. The number of aryl methyl sites for hydroxylation is 1. The lowest BCUT2D eigenvalue weighted by molar-refractivity contribution is 0.0440. The molecule has 1 saturated carbocycles. The predicted octanol–water partition coefficient (Wildman–Crippen LogP) is 2.44. The molecule has 2 aliphatic heterocycles. The Bertz CT molecular complexity index is 1430. The summed E-state index contributed by atoms with van der Waals surface area (Å²) in [5.41, 5.74) is 0.544. The van der Waals surface area contributed by atoms with Crippen molar-refractivity contribution in [2.24, 2.45) is 7.05 Å². The first-order valence-electron chi connectivity index (χ1n) is 12.9. The largest absolute Gasteiger partial charge is 0.392 e. The third kappa shape index (κ3) is 4.53. The number of benzene rings is 1. The molecule has 0 bridgehead atoms. The van der Waals surface area contributed by atoms with E-state index in [2.05, 4.69) is 49.8 Å². The molecule has 3 fully saturated rings. The summed E-state index contributed by atoms with van der Waals surface area (Å²) < 4.78 is 32.2. The average Bonchev–Trinajstić information content (AvgIpc) is 3.55. The molecule has 0 amide bonds. The normalized spacial score (nSPS) is 24.8. The van der Waals surface area contributed by atoms with E-state index in [1.54, 1.807) is 0 Å². The summed E-state index contributed by atoms with van der Waals surface area (Å²) >= 11 is 0. The minimum atomic E-state index is -0.612. The number of fused-ring (bicyclic) bond motifs is 1. The standard InChI is InChI=1S/C25H31F2N9O2/c1-25(2)10-14(6-15-7-16(37)12-35(15)25)29-22-19(27)11-28-23(31-22)30-20-9-21(36-24(38)34(3)32-33-36)17(8-18(20)26)13-4-5-13/h8-9,11,13-16,37H,4-7,10,12H2,1-3H3,(H2,28,29,30,31). The molecule has 38 heavy (non-hydrogen) atoms. The van der Waals surface area contributed by atoms with Crippen molar-refractivity contribution in [2.75, 3.05) is 17.2 Å². The predicted molar refractivity (Wildman–Crippen MR) is 136 cm³/mol. The van der Waals surface area contributed by atoms with Crippen LogP contribution < -0.4 is 16.3 Å². The van der Waals surface area contributed by atoms with Crippen LogP contribution in [0.25, 0.3) is 5.69 Å². The fraction of sp³-hybridized carbons (Fsp3) is 0.560. The number of hydrogen-bond donors (Lipinski definition) is 3. The van der Waals surface area contributed by atoms with E-state index in [0.29, 0.717) is 24.2 Å². The lowest BCUT2D eigenvalue weighted by Gasteiger charge is -2.47. The second kappa shape index (κ2) is 9.09. The molecule has 0 radical (unpaired) electrons. The van der Waals surface area contributed by atoms with Crippen LogP contribution in [0.5, 0.6) is 0 Å². The number of aliphatic hydroxyl groups is 1. The van der Waals surface area contributed by atoms with E-state index in [-0.39, 0.29) is 47.1 Å². The van der Waals surface area contributed by atoms with Crippen molar-refractivity contribution in [3.05, 3.63) is 46.0 Å². The average molecular weight is 528 g/mol. The minimum absolute atomic E-state index is 0.0115. The van der Waals surface area contributed by atoms with Crippen molar-refractivity contribution in [2.45, 2.75) is 75.6 Å². The van der Waals surface area contributed by atoms with E-state index < -0.39 is 17.3 Å². The SMILES string of the molecule is Cn1nnn(-c2cc(Nc3ncc(F)c(NC4CC5CC(O)CN5C(C)(C)C4)n3)c(F)cc2C2CC2)c1=O. The number of piperidine rings is 1. The summed E-state index contributed by atoms with van der Waals surface area (Å²) in [6.45, 7) is 4.90. The van der Waals surface area contributed by atoms with Crippen LogP contribution in [-0.2, 0) is 7.05 Å². The number of rotatable bonds is 6. The fourth-order valence-corrected chi connectivity index (χ4v) is 5.98. The van der Waals surface area contributed by atoms with Gasteiger partial charge in [0.25, 0.3) is 0 Å². The van der Waals surface area contributed by atoms with Crippen LogP contribution in [0.4, 0.5) is 26.2 Å². The zero-order chi connectivity index (χ0) is 26.8. The number of aliphatic hydroxyl groups excluding tert-OH is 1. The molecule has 3 aromatic rings. The summed E-state index contributed by atoms with van der Waals surface area (Å²) in [7, 11) is 1.49. The Balaban J connectivity index is 1.26. The monoisotopic (exact) mass is 527 g/mol. The lowest BCUT2D eigenvalue weighted by Crippen LogP contribution is -2.55. The quantitative estimate of drug-likeness (QED) is 0.443. The minimum Gasteiger partial charge on any atom is -0.392 e. The molecule has 1 aliphatic carbocycles. The third-order valence-electron chi connectivity index (χ3n) is 7.89. The molecule has 0 spiro atoms. The topological polar surface area (TPSA) is 126 Å². The van der Waals surface area contributed by atoms with Crippen molar-refractivity contribution < 1.29 is 13.9 Å².